The maximum Gasteiger partial charge on any atom is 0.308 e. The van der Waals surface area contributed by atoms with E-state index >= 15 is 0 Å². The summed E-state index contributed by atoms with van der Waals surface area (Å²) in [6.07, 6.45) is 7.38. The zero-order valence-corrected chi connectivity index (χ0v) is 10.2. The molecule has 0 aromatic rings. The highest BCUT2D eigenvalue weighted by atomic mass is 16.4. The van der Waals surface area contributed by atoms with Crippen molar-refractivity contribution >= 4 is 11.9 Å². The Morgan fingerprint density at radius 1 is 1.12 bits per heavy atom. The molecule has 4 nitrogen and oxygen atoms in total. The largest absolute Gasteiger partial charge is 0.481 e. The standard InChI is InChI=1S/C13H21NO3/c15-12(8-10-4-2-1-3-5-10)14-7-6-11(9-14)13(16)17/h10-11H,1-9H2,(H,16,17). The number of hydrogen-bond acceptors (Lipinski definition) is 2. The minimum atomic E-state index is -0.766. The third kappa shape index (κ3) is 3.20. The number of rotatable bonds is 3. The fourth-order valence-corrected chi connectivity index (χ4v) is 2.96. The lowest BCUT2D eigenvalue weighted by Gasteiger charge is -2.24. The average molecular weight is 239 g/mol. The monoisotopic (exact) mass is 239 g/mol. The molecule has 2 fully saturated rings. The Labute approximate surface area is 102 Å². The molecular formula is C13H21NO3. The fourth-order valence-electron chi connectivity index (χ4n) is 2.96. The Balaban J connectivity index is 1.78. The molecule has 0 aromatic heterocycles. The molecule has 0 spiro atoms. The van der Waals surface area contributed by atoms with Crippen LogP contribution >= 0.6 is 0 Å². The summed E-state index contributed by atoms with van der Waals surface area (Å²) >= 11 is 0. The quantitative estimate of drug-likeness (QED) is 0.818. The number of carbonyl (C=O) groups excluding carboxylic acids is 1. The van der Waals surface area contributed by atoms with Gasteiger partial charge in [-0.1, -0.05) is 19.3 Å². The lowest BCUT2D eigenvalue weighted by Crippen LogP contribution is -2.31. The van der Waals surface area contributed by atoms with E-state index in [0.29, 0.717) is 31.8 Å². The Hall–Kier alpha value is -1.06. The van der Waals surface area contributed by atoms with Crippen LogP contribution in [0.15, 0.2) is 0 Å². The van der Waals surface area contributed by atoms with Gasteiger partial charge in [-0.25, -0.2) is 0 Å². The molecule has 0 bridgehead atoms. The molecule has 1 N–H and O–H groups in total. The first-order valence-corrected chi connectivity index (χ1v) is 6.67. The minimum Gasteiger partial charge on any atom is -0.481 e. The summed E-state index contributed by atoms with van der Waals surface area (Å²) in [5, 5.41) is 8.90. The van der Waals surface area contributed by atoms with Crippen LogP contribution in [0.3, 0.4) is 0 Å². The minimum absolute atomic E-state index is 0.167. The van der Waals surface area contributed by atoms with Crippen LogP contribution in [0.25, 0.3) is 0 Å². The molecule has 1 amide bonds. The van der Waals surface area contributed by atoms with E-state index in [4.69, 9.17) is 5.11 Å². The van der Waals surface area contributed by atoms with Gasteiger partial charge in [-0.05, 0) is 25.2 Å². The second-order valence-electron chi connectivity index (χ2n) is 5.37. The first-order valence-electron chi connectivity index (χ1n) is 6.67. The molecule has 1 unspecified atom stereocenters. The SMILES string of the molecule is O=C(O)C1CCN(C(=O)CC2CCCCC2)C1. The van der Waals surface area contributed by atoms with Crippen molar-refractivity contribution < 1.29 is 14.7 Å². The fraction of sp³-hybridized carbons (Fsp3) is 0.846. The van der Waals surface area contributed by atoms with Crippen molar-refractivity contribution in [2.45, 2.75) is 44.9 Å². The van der Waals surface area contributed by atoms with E-state index in [1.54, 1.807) is 4.90 Å². The van der Waals surface area contributed by atoms with Crippen molar-refractivity contribution in [2.75, 3.05) is 13.1 Å². The van der Waals surface area contributed by atoms with Crippen molar-refractivity contribution in [2.24, 2.45) is 11.8 Å². The van der Waals surface area contributed by atoms with Crippen molar-refractivity contribution in [1.82, 2.24) is 4.90 Å². The van der Waals surface area contributed by atoms with E-state index in [9.17, 15) is 9.59 Å². The van der Waals surface area contributed by atoms with Crippen LogP contribution in [-0.2, 0) is 9.59 Å². The van der Waals surface area contributed by atoms with Crippen molar-refractivity contribution in [3.63, 3.8) is 0 Å². The predicted molar refractivity (Wildman–Crippen MR) is 63.5 cm³/mol. The molecule has 96 valence electrons. The van der Waals surface area contributed by atoms with Crippen LogP contribution in [0.1, 0.15) is 44.9 Å². The summed E-state index contributed by atoms with van der Waals surface area (Å²) in [4.78, 5) is 24.6. The highest BCUT2D eigenvalue weighted by Crippen LogP contribution is 2.28. The van der Waals surface area contributed by atoms with Gasteiger partial charge in [0.15, 0.2) is 0 Å². The molecule has 1 aliphatic carbocycles. The highest BCUT2D eigenvalue weighted by Gasteiger charge is 2.31. The van der Waals surface area contributed by atoms with E-state index in [0.717, 1.165) is 0 Å². The molecule has 1 saturated heterocycles. The molecule has 1 saturated carbocycles. The van der Waals surface area contributed by atoms with Crippen LogP contribution in [0.5, 0.6) is 0 Å². The summed E-state index contributed by atoms with van der Waals surface area (Å²) in [6, 6.07) is 0. The molecule has 1 heterocycles. The third-order valence-corrected chi connectivity index (χ3v) is 4.08. The van der Waals surface area contributed by atoms with Gasteiger partial charge in [0.1, 0.15) is 0 Å². The Morgan fingerprint density at radius 3 is 2.41 bits per heavy atom. The average Bonchev–Trinajstić information content (AvgIpc) is 2.79. The topological polar surface area (TPSA) is 57.6 Å². The highest BCUT2D eigenvalue weighted by molar-refractivity contribution is 5.78. The maximum absolute atomic E-state index is 12.0. The van der Waals surface area contributed by atoms with Gasteiger partial charge in [0, 0.05) is 19.5 Å². The van der Waals surface area contributed by atoms with Gasteiger partial charge < -0.3 is 10.0 Å². The van der Waals surface area contributed by atoms with E-state index in [-0.39, 0.29) is 11.8 Å². The molecule has 0 aromatic carbocycles. The normalized spacial score (nSPS) is 26.1. The summed E-state index contributed by atoms with van der Waals surface area (Å²) in [5.41, 5.74) is 0. The van der Waals surface area contributed by atoms with Gasteiger partial charge >= 0.3 is 5.97 Å². The predicted octanol–water partition coefficient (Wildman–Crippen LogP) is 1.89. The number of nitrogens with zero attached hydrogens (tertiary/aromatic N) is 1. The van der Waals surface area contributed by atoms with Gasteiger partial charge in [0.05, 0.1) is 5.92 Å². The number of carboxylic acid groups (broad SMARTS) is 1. The second kappa shape index (κ2) is 5.52. The number of likely N-dealkylation sites (tertiary alicyclic amines) is 1. The third-order valence-electron chi connectivity index (χ3n) is 4.08. The number of carboxylic acids is 1. The van der Waals surface area contributed by atoms with Crippen LogP contribution in [-0.4, -0.2) is 35.0 Å². The van der Waals surface area contributed by atoms with Crippen LogP contribution in [0, 0.1) is 11.8 Å². The molecule has 2 rings (SSSR count). The molecule has 4 heteroatoms. The zero-order valence-electron chi connectivity index (χ0n) is 10.2. The molecule has 17 heavy (non-hydrogen) atoms. The maximum atomic E-state index is 12.0. The first kappa shape index (κ1) is 12.4. The van der Waals surface area contributed by atoms with Crippen LogP contribution in [0.2, 0.25) is 0 Å². The number of aliphatic carboxylic acids is 1. The summed E-state index contributed by atoms with van der Waals surface area (Å²) < 4.78 is 0. The Kier molecular flexibility index (Phi) is 4.02. The number of hydrogen-bond donors (Lipinski definition) is 1. The van der Waals surface area contributed by atoms with Crippen LogP contribution in [0.4, 0.5) is 0 Å². The van der Waals surface area contributed by atoms with Gasteiger partial charge in [-0.15, -0.1) is 0 Å². The van der Waals surface area contributed by atoms with Crippen molar-refractivity contribution in [3.8, 4) is 0 Å². The molecular weight excluding hydrogens is 218 g/mol. The Morgan fingerprint density at radius 2 is 1.82 bits per heavy atom. The van der Waals surface area contributed by atoms with Crippen LogP contribution < -0.4 is 0 Å². The molecule has 0 radical (unpaired) electrons. The second-order valence-corrected chi connectivity index (χ2v) is 5.37. The van der Waals surface area contributed by atoms with Gasteiger partial charge in [0.25, 0.3) is 0 Å². The zero-order chi connectivity index (χ0) is 12.3. The first-order chi connectivity index (χ1) is 8.16. The Bertz CT molecular complexity index is 297. The van der Waals surface area contributed by atoms with E-state index in [1.165, 1.54) is 32.1 Å². The van der Waals surface area contributed by atoms with E-state index in [2.05, 4.69) is 0 Å². The van der Waals surface area contributed by atoms with Gasteiger partial charge in [-0.3, -0.25) is 9.59 Å². The van der Waals surface area contributed by atoms with Gasteiger partial charge in [0.2, 0.25) is 5.91 Å². The molecule has 2 aliphatic rings. The van der Waals surface area contributed by atoms with E-state index < -0.39 is 5.97 Å². The molecule has 1 atom stereocenters. The molecule has 1 aliphatic heterocycles. The van der Waals surface area contributed by atoms with E-state index in [1.807, 2.05) is 0 Å². The summed E-state index contributed by atoms with van der Waals surface area (Å²) in [6.45, 7) is 1.05. The van der Waals surface area contributed by atoms with Crippen molar-refractivity contribution in [1.29, 1.82) is 0 Å². The lowest BCUT2D eigenvalue weighted by molar-refractivity contribution is -0.141. The summed E-state index contributed by atoms with van der Waals surface area (Å²) in [5.74, 6) is -0.399. The smallest absolute Gasteiger partial charge is 0.308 e. The lowest BCUT2D eigenvalue weighted by atomic mass is 9.87. The number of carbonyl (C=O) groups is 2. The van der Waals surface area contributed by atoms with Gasteiger partial charge in [-0.2, -0.15) is 0 Å². The van der Waals surface area contributed by atoms with Crippen molar-refractivity contribution in [3.05, 3.63) is 0 Å². The number of amides is 1. The summed E-state index contributed by atoms with van der Waals surface area (Å²) in [7, 11) is 0.